The van der Waals surface area contributed by atoms with Crippen LogP contribution in [0.4, 0.5) is 47.7 Å². The maximum absolute atomic E-state index is 14.5. The number of esters is 1. The molecular weight excluding hydrogens is 587 g/mol. The van der Waals surface area contributed by atoms with Gasteiger partial charge in [-0.25, -0.2) is 22.9 Å². The highest BCUT2D eigenvalue weighted by Gasteiger charge is 2.40. The lowest BCUT2D eigenvalue weighted by atomic mass is 9.87. The van der Waals surface area contributed by atoms with Crippen LogP contribution in [-0.2, 0) is 10.2 Å². The van der Waals surface area contributed by atoms with Gasteiger partial charge < -0.3 is 35.2 Å². The molecule has 13 heteroatoms. The molecule has 1 aromatic heterocycles. The minimum atomic E-state index is -1.01. The average Bonchev–Trinajstić information content (AvgIpc) is 3.43. The van der Waals surface area contributed by atoms with Gasteiger partial charge in [-0.15, -0.1) is 0 Å². The number of anilines is 6. The van der Waals surface area contributed by atoms with E-state index in [9.17, 15) is 18.0 Å². The van der Waals surface area contributed by atoms with Gasteiger partial charge in [-0.05, 0) is 45.6 Å². The quantitative estimate of drug-likeness (QED) is 0.231. The van der Waals surface area contributed by atoms with Gasteiger partial charge in [-0.2, -0.15) is 4.98 Å². The number of nitrogen functional groups attached to an aromatic ring is 1. The second kappa shape index (κ2) is 12.3. The first-order chi connectivity index (χ1) is 21.2. The highest BCUT2D eigenvalue weighted by atomic mass is 19.2. The largest absolute Gasteiger partial charge is 0.494 e. The van der Waals surface area contributed by atoms with E-state index in [4.69, 9.17) is 15.2 Å². The number of hydrogen-bond donors (Lipinski definition) is 2. The molecule has 3 N–H and O–H groups in total. The maximum atomic E-state index is 14.5. The molecule has 0 aliphatic carbocycles. The number of alkyl halides is 1. The molecule has 45 heavy (non-hydrogen) atoms. The highest BCUT2D eigenvalue weighted by molar-refractivity contribution is 5.96. The van der Waals surface area contributed by atoms with Gasteiger partial charge in [0.15, 0.2) is 17.5 Å². The Labute approximate surface area is 261 Å². The van der Waals surface area contributed by atoms with E-state index in [1.54, 1.807) is 30.9 Å². The molecule has 5 rings (SSSR count). The van der Waals surface area contributed by atoms with Crippen LogP contribution in [0.15, 0.2) is 30.5 Å². The number of aromatic nitrogens is 2. The summed E-state index contributed by atoms with van der Waals surface area (Å²) in [6.07, 6.45) is 0.344. The summed E-state index contributed by atoms with van der Waals surface area (Å²) in [6.45, 7) is 8.42. The van der Waals surface area contributed by atoms with E-state index < -0.39 is 35.3 Å². The van der Waals surface area contributed by atoms with E-state index in [0.717, 1.165) is 6.07 Å². The molecule has 2 atom stereocenters. The fourth-order valence-corrected chi connectivity index (χ4v) is 6.09. The van der Waals surface area contributed by atoms with E-state index in [0.29, 0.717) is 47.0 Å². The summed E-state index contributed by atoms with van der Waals surface area (Å²) in [7, 11) is 5.40. The molecule has 3 heterocycles. The number of nitrogens with zero attached hydrogens (tertiary/aromatic N) is 5. The first kappa shape index (κ1) is 32.1. The Morgan fingerprint density at radius 3 is 2.56 bits per heavy atom. The number of fused-ring (bicyclic) bond motifs is 1. The topological polar surface area (TPSA) is 109 Å². The van der Waals surface area contributed by atoms with Crippen molar-refractivity contribution in [3.63, 3.8) is 0 Å². The minimum Gasteiger partial charge on any atom is -0.494 e. The van der Waals surface area contributed by atoms with Crippen molar-refractivity contribution in [2.75, 3.05) is 61.7 Å². The second-order valence-electron chi connectivity index (χ2n) is 12.8. The first-order valence-corrected chi connectivity index (χ1v) is 14.8. The zero-order chi connectivity index (χ0) is 32.8. The summed E-state index contributed by atoms with van der Waals surface area (Å²) in [5.41, 5.74) is 8.45. The van der Waals surface area contributed by atoms with Crippen molar-refractivity contribution in [2.24, 2.45) is 0 Å². The maximum Gasteiger partial charge on any atom is 0.343 e. The van der Waals surface area contributed by atoms with Crippen LogP contribution in [0.2, 0.25) is 0 Å². The number of benzene rings is 2. The van der Waals surface area contributed by atoms with Crippen LogP contribution in [0.1, 0.15) is 50.0 Å². The molecule has 2 aromatic carbocycles. The fourth-order valence-electron chi connectivity index (χ4n) is 6.09. The van der Waals surface area contributed by atoms with Crippen molar-refractivity contribution in [3.05, 3.63) is 53.2 Å². The van der Waals surface area contributed by atoms with Crippen LogP contribution in [0, 0.1) is 11.6 Å². The molecule has 0 bridgehead atoms. The SMILES string of the molecule is COc1cc(N2C[C@@H](F)C[C@@H]2CN(C)C)c(N)cc1Nc1ncc(C(=O)OC(C)C)c(N2CC(C)(C)c3cc(F)c(F)cc32)n1. The monoisotopic (exact) mass is 627 g/mol. The van der Waals surface area contributed by atoms with Gasteiger partial charge in [0.2, 0.25) is 5.95 Å². The molecule has 0 amide bonds. The predicted octanol–water partition coefficient (Wildman–Crippen LogP) is 5.56. The lowest BCUT2D eigenvalue weighted by Gasteiger charge is -2.30. The first-order valence-electron chi connectivity index (χ1n) is 14.8. The van der Waals surface area contributed by atoms with Crippen molar-refractivity contribution in [3.8, 4) is 5.75 Å². The summed E-state index contributed by atoms with van der Waals surface area (Å²) in [5.74, 6) is -1.94. The number of hydrogen-bond acceptors (Lipinski definition) is 10. The summed E-state index contributed by atoms with van der Waals surface area (Å²) in [5, 5.41) is 3.13. The zero-order valence-electron chi connectivity index (χ0n) is 26.6. The number of methoxy groups -OCH3 is 1. The molecule has 0 unspecified atom stereocenters. The predicted molar refractivity (Wildman–Crippen MR) is 169 cm³/mol. The fraction of sp³-hybridized carbons (Fsp3) is 0.469. The van der Waals surface area contributed by atoms with Gasteiger partial charge >= 0.3 is 5.97 Å². The third-order valence-electron chi connectivity index (χ3n) is 8.04. The number of nitrogens with two attached hydrogens (primary N) is 1. The van der Waals surface area contributed by atoms with Crippen molar-refractivity contribution in [1.82, 2.24) is 14.9 Å². The Kier molecular flexibility index (Phi) is 8.76. The van der Waals surface area contributed by atoms with Crippen LogP contribution in [0.25, 0.3) is 0 Å². The van der Waals surface area contributed by atoms with E-state index >= 15 is 0 Å². The summed E-state index contributed by atoms with van der Waals surface area (Å²) in [4.78, 5) is 27.9. The smallest absolute Gasteiger partial charge is 0.343 e. The van der Waals surface area contributed by atoms with Crippen LogP contribution in [0.5, 0.6) is 5.75 Å². The average molecular weight is 628 g/mol. The summed E-state index contributed by atoms with van der Waals surface area (Å²) >= 11 is 0. The Morgan fingerprint density at radius 2 is 1.89 bits per heavy atom. The number of ether oxygens (including phenoxy) is 2. The van der Waals surface area contributed by atoms with E-state index in [-0.39, 0.29) is 36.5 Å². The van der Waals surface area contributed by atoms with Gasteiger partial charge in [0.25, 0.3) is 0 Å². The van der Waals surface area contributed by atoms with Gasteiger partial charge in [-0.1, -0.05) is 13.8 Å². The number of halogens is 3. The molecule has 0 saturated carbocycles. The molecule has 0 spiro atoms. The molecule has 0 radical (unpaired) electrons. The second-order valence-corrected chi connectivity index (χ2v) is 12.8. The van der Waals surface area contributed by atoms with Crippen molar-refractivity contribution in [2.45, 2.75) is 57.8 Å². The van der Waals surface area contributed by atoms with Crippen molar-refractivity contribution >= 4 is 40.5 Å². The van der Waals surface area contributed by atoms with Gasteiger partial charge in [0, 0.05) is 61.5 Å². The Bertz CT molecular complexity index is 1600. The van der Waals surface area contributed by atoms with Gasteiger partial charge in [-0.3, -0.25) is 0 Å². The molecule has 3 aromatic rings. The Balaban J connectivity index is 1.54. The van der Waals surface area contributed by atoms with Crippen LogP contribution in [0.3, 0.4) is 0 Å². The Morgan fingerprint density at radius 1 is 1.18 bits per heavy atom. The summed E-state index contributed by atoms with van der Waals surface area (Å²) < 4.78 is 54.4. The molecular formula is C32H40F3N7O3. The van der Waals surface area contributed by atoms with Gasteiger partial charge in [0.05, 0.1) is 30.3 Å². The minimum absolute atomic E-state index is 0.0595. The van der Waals surface area contributed by atoms with Crippen molar-refractivity contribution < 1.29 is 27.4 Å². The third-order valence-corrected chi connectivity index (χ3v) is 8.04. The van der Waals surface area contributed by atoms with Crippen molar-refractivity contribution in [1.29, 1.82) is 0 Å². The Hall–Kier alpha value is -4.26. The molecule has 2 aliphatic rings. The van der Waals surface area contributed by atoms with Gasteiger partial charge in [0.1, 0.15) is 17.5 Å². The number of rotatable bonds is 9. The highest BCUT2D eigenvalue weighted by Crippen LogP contribution is 2.46. The normalized spacial score (nSPS) is 18.9. The molecule has 2 aliphatic heterocycles. The molecule has 242 valence electrons. The molecule has 10 nitrogen and oxygen atoms in total. The van der Waals surface area contributed by atoms with E-state index in [2.05, 4.69) is 15.3 Å². The third kappa shape index (κ3) is 6.44. The molecule has 1 fully saturated rings. The lowest BCUT2D eigenvalue weighted by Crippen LogP contribution is -2.38. The zero-order valence-corrected chi connectivity index (χ0v) is 26.6. The number of likely N-dealkylation sites (N-methyl/N-ethyl adjacent to an activating group) is 1. The standard InChI is InChI=1S/C32H40F3N7O3/c1-17(2)45-30(43)20-13-37-31(39-29(20)42-16-32(3,4)21-9-22(34)23(35)10-26(21)42)38-25-11-24(36)27(12-28(25)44-7)41-14-18(33)8-19(41)15-40(5)6/h9-13,17-19H,8,14-16,36H2,1-7H3,(H,37,38,39)/t18-,19+/m0/s1. The summed E-state index contributed by atoms with van der Waals surface area (Å²) in [6, 6.07) is 5.66. The van der Waals surface area contributed by atoms with E-state index in [1.165, 1.54) is 19.4 Å². The van der Waals surface area contributed by atoms with Crippen LogP contribution >= 0.6 is 0 Å². The lowest BCUT2D eigenvalue weighted by molar-refractivity contribution is 0.0378. The van der Waals surface area contributed by atoms with E-state index in [1.807, 2.05) is 37.7 Å². The number of carbonyl (C=O) groups is 1. The van der Waals surface area contributed by atoms with Crippen LogP contribution in [-0.4, -0.2) is 80.0 Å². The molecule has 1 saturated heterocycles. The van der Waals surface area contributed by atoms with Crippen LogP contribution < -0.4 is 25.6 Å². The number of carbonyl (C=O) groups excluding carboxylic acids is 1. The number of nitrogens with one attached hydrogen (secondary N) is 1.